The van der Waals surface area contributed by atoms with Crippen LogP contribution in [-0.2, 0) is 0 Å². The number of nitrogens with zero attached hydrogens (tertiary/aromatic N) is 1. The van der Waals surface area contributed by atoms with Gasteiger partial charge in [-0.1, -0.05) is 11.6 Å². The van der Waals surface area contributed by atoms with Gasteiger partial charge in [0.2, 0.25) is 0 Å². The number of imidazole rings is 1. The van der Waals surface area contributed by atoms with E-state index in [2.05, 4.69) is 9.97 Å². The third kappa shape index (κ3) is 2.07. The molecule has 5 nitrogen and oxygen atoms in total. The summed E-state index contributed by atoms with van der Waals surface area (Å²) in [4.78, 5) is 18.0. The van der Waals surface area contributed by atoms with E-state index in [1.165, 1.54) is 0 Å². The van der Waals surface area contributed by atoms with E-state index in [1.807, 2.05) is 25.1 Å². The van der Waals surface area contributed by atoms with Crippen molar-refractivity contribution in [3.63, 3.8) is 0 Å². The van der Waals surface area contributed by atoms with Crippen LogP contribution < -0.4 is 4.74 Å². The Balaban J connectivity index is 2.58. The van der Waals surface area contributed by atoms with Gasteiger partial charge in [0.1, 0.15) is 11.6 Å². The number of aromatic amines is 1. The monoisotopic (exact) mass is 246 g/mol. The summed E-state index contributed by atoms with van der Waals surface area (Å²) in [6.45, 7) is 3.64. The molecule has 5 heteroatoms. The fraction of sp³-hybridized carbons (Fsp3) is 0.231. The van der Waals surface area contributed by atoms with Crippen LogP contribution in [-0.4, -0.2) is 28.2 Å². The van der Waals surface area contributed by atoms with Gasteiger partial charge in [0, 0.05) is 5.69 Å². The van der Waals surface area contributed by atoms with Crippen molar-refractivity contribution in [3.05, 3.63) is 35.2 Å². The lowest BCUT2D eigenvalue weighted by Crippen LogP contribution is -1.98. The summed E-state index contributed by atoms with van der Waals surface area (Å²) >= 11 is 0. The fourth-order valence-corrected chi connectivity index (χ4v) is 1.80. The molecule has 0 saturated carbocycles. The Labute approximate surface area is 104 Å². The van der Waals surface area contributed by atoms with Crippen molar-refractivity contribution in [1.29, 1.82) is 0 Å². The van der Waals surface area contributed by atoms with Crippen LogP contribution in [0.2, 0.25) is 0 Å². The highest BCUT2D eigenvalue weighted by Crippen LogP contribution is 2.29. The lowest BCUT2D eigenvalue weighted by Gasteiger charge is -2.06. The maximum atomic E-state index is 11.0. The standard InChI is InChI=1S/C13H14N2O3/c1-7-4-5-10(18-3)9(6-7)12-14-8(2)11(15-12)13(16)17/h4-6H,1-3H3,(H,14,15)(H,16,17). The van der Waals surface area contributed by atoms with E-state index in [9.17, 15) is 4.79 Å². The minimum atomic E-state index is -1.04. The molecule has 1 aromatic heterocycles. The van der Waals surface area contributed by atoms with Crippen LogP contribution >= 0.6 is 0 Å². The Kier molecular flexibility index (Phi) is 3.06. The summed E-state index contributed by atoms with van der Waals surface area (Å²) in [5.74, 6) is 0.123. The zero-order valence-corrected chi connectivity index (χ0v) is 10.4. The number of H-pyrrole nitrogens is 1. The van der Waals surface area contributed by atoms with Crippen LogP contribution in [0.25, 0.3) is 11.4 Å². The maximum absolute atomic E-state index is 11.0. The smallest absolute Gasteiger partial charge is 0.356 e. The van der Waals surface area contributed by atoms with Crippen molar-refractivity contribution in [2.45, 2.75) is 13.8 Å². The molecule has 0 spiro atoms. The summed E-state index contributed by atoms with van der Waals surface area (Å²) in [6, 6.07) is 5.67. The molecule has 2 rings (SSSR count). The zero-order valence-electron chi connectivity index (χ0n) is 10.4. The topological polar surface area (TPSA) is 75.2 Å². The Bertz CT molecular complexity index is 602. The number of ether oxygens (including phenoxy) is 1. The summed E-state index contributed by atoms with van der Waals surface area (Å²) in [5.41, 5.74) is 2.37. The van der Waals surface area contributed by atoms with Crippen molar-refractivity contribution < 1.29 is 14.6 Å². The van der Waals surface area contributed by atoms with Gasteiger partial charge >= 0.3 is 5.97 Å². The molecule has 0 radical (unpaired) electrons. The van der Waals surface area contributed by atoms with Gasteiger partial charge in [-0.05, 0) is 26.0 Å². The zero-order chi connectivity index (χ0) is 13.3. The predicted octanol–water partition coefficient (Wildman–Crippen LogP) is 2.40. The molecule has 18 heavy (non-hydrogen) atoms. The Hall–Kier alpha value is -2.30. The van der Waals surface area contributed by atoms with E-state index in [0.717, 1.165) is 11.1 Å². The quantitative estimate of drug-likeness (QED) is 0.872. The average Bonchev–Trinajstić information content (AvgIpc) is 2.71. The SMILES string of the molecule is COc1ccc(C)cc1-c1nc(C(=O)O)c(C)[nH]1. The molecule has 2 aromatic rings. The number of aromatic nitrogens is 2. The van der Waals surface area contributed by atoms with Crippen molar-refractivity contribution in [1.82, 2.24) is 9.97 Å². The second-order valence-electron chi connectivity index (χ2n) is 4.07. The lowest BCUT2D eigenvalue weighted by atomic mass is 10.1. The number of benzene rings is 1. The first-order chi connectivity index (χ1) is 8.52. The maximum Gasteiger partial charge on any atom is 0.356 e. The first-order valence-corrected chi connectivity index (χ1v) is 5.48. The molecule has 0 unspecified atom stereocenters. The van der Waals surface area contributed by atoms with E-state index in [4.69, 9.17) is 9.84 Å². The highest BCUT2D eigenvalue weighted by molar-refractivity contribution is 5.87. The van der Waals surface area contributed by atoms with Crippen LogP contribution in [0.3, 0.4) is 0 Å². The first-order valence-electron chi connectivity index (χ1n) is 5.48. The van der Waals surface area contributed by atoms with Crippen molar-refractivity contribution in [2.24, 2.45) is 0 Å². The van der Waals surface area contributed by atoms with Crippen molar-refractivity contribution in [2.75, 3.05) is 7.11 Å². The van der Waals surface area contributed by atoms with E-state index >= 15 is 0 Å². The van der Waals surface area contributed by atoms with Crippen LogP contribution in [0.15, 0.2) is 18.2 Å². The van der Waals surface area contributed by atoms with Gasteiger partial charge in [-0.3, -0.25) is 0 Å². The van der Waals surface area contributed by atoms with E-state index in [1.54, 1.807) is 14.0 Å². The Morgan fingerprint density at radius 1 is 1.39 bits per heavy atom. The summed E-state index contributed by atoms with van der Waals surface area (Å²) in [6.07, 6.45) is 0. The predicted molar refractivity (Wildman–Crippen MR) is 67.0 cm³/mol. The fourth-order valence-electron chi connectivity index (χ4n) is 1.80. The van der Waals surface area contributed by atoms with Crippen LogP contribution in [0.1, 0.15) is 21.7 Å². The van der Waals surface area contributed by atoms with Gasteiger partial charge < -0.3 is 14.8 Å². The van der Waals surface area contributed by atoms with Gasteiger partial charge in [-0.15, -0.1) is 0 Å². The third-order valence-electron chi connectivity index (χ3n) is 2.70. The highest BCUT2D eigenvalue weighted by atomic mass is 16.5. The number of hydrogen-bond acceptors (Lipinski definition) is 3. The molecule has 0 fully saturated rings. The van der Waals surface area contributed by atoms with Crippen LogP contribution in [0.4, 0.5) is 0 Å². The largest absolute Gasteiger partial charge is 0.496 e. The number of aromatic carboxylic acids is 1. The van der Waals surface area contributed by atoms with Gasteiger partial charge in [-0.2, -0.15) is 0 Å². The number of methoxy groups -OCH3 is 1. The Morgan fingerprint density at radius 2 is 2.11 bits per heavy atom. The summed E-state index contributed by atoms with van der Waals surface area (Å²) in [5, 5.41) is 8.99. The van der Waals surface area contributed by atoms with Gasteiger partial charge in [-0.25, -0.2) is 9.78 Å². The molecular formula is C13H14N2O3. The summed E-state index contributed by atoms with van der Waals surface area (Å²) < 4.78 is 5.26. The van der Waals surface area contributed by atoms with Crippen LogP contribution in [0, 0.1) is 13.8 Å². The second-order valence-corrected chi connectivity index (χ2v) is 4.07. The number of hydrogen-bond donors (Lipinski definition) is 2. The number of carboxylic acid groups (broad SMARTS) is 1. The number of aryl methyl sites for hydroxylation is 2. The first kappa shape index (κ1) is 12.2. The molecule has 0 atom stereocenters. The molecule has 1 heterocycles. The highest BCUT2D eigenvalue weighted by Gasteiger charge is 2.16. The molecule has 0 aliphatic rings. The van der Waals surface area contributed by atoms with Crippen molar-refractivity contribution >= 4 is 5.97 Å². The Morgan fingerprint density at radius 3 is 2.67 bits per heavy atom. The molecule has 0 amide bonds. The van der Waals surface area contributed by atoms with Gasteiger partial charge in [0.25, 0.3) is 0 Å². The minimum absolute atomic E-state index is 0.0357. The number of carbonyl (C=O) groups is 1. The molecule has 0 saturated heterocycles. The van der Waals surface area contributed by atoms with Gasteiger partial charge in [0.05, 0.1) is 12.7 Å². The molecule has 1 aromatic carbocycles. The number of carboxylic acids is 1. The second kappa shape index (κ2) is 4.52. The van der Waals surface area contributed by atoms with E-state index < -0.39 is 5.97 Å². The molecule has 0 aliphatic heterocycles. The number of rotatable bonds is 3. The lowest BCUT2D eigenvalue weighted by molar-refractivity contribution is 0.0690. The molecule has 0 aliphatic carbocycles. The van der Waals surface area contributed by atoms with Gasteiger partial charge in [0.15, 0.2) is 5.69 Å². The average molecular weight is 246 g/mol. The summed E-state index contributed by atoms with van der Waals surface area (Å²) in [7, 11) is 1.57. The third-order valence-corrected chi connectivity index (χ3v) is 2.70. The number of nitrogens with one attached hydrogen (secondary N) is 1. The molecule has 0 bridgehead atoms. The van der Waals surface area contributed by atoms with Crippen molar-refractivity contribution in [3.8, 4) is 17.1 Å². The molecule has 2 N–H and O–H groups in total. The minimum Gasteiger partial charge on any atom is -0.496 e. The van der Waals surface area contributed by atoms with E-state index in [-0.39, 0.29) is 5.69 Å². The normalized spacial score (nSPS) is 10.4. The molecular weight excluding hydrogens is 232 g/mol. The van der Waals surface area contributed by atoms with Crippen LogP contribution in [0.5, 0.6) is 5.75 Å². The molecule has 94 valence electrons. The van der Waals surface area contributed by atoms with E-state index in [0.29, 0.717) is 17.3 Å².